The van der Waals surface area contributed by atoms with Crippen molar-refractivity contribution in [3.8, 4) is 11.5 Å². The molecular weight excluding hydrogens is 342 g/mol. The Morgan fingerprint density at radius 3 is 3.00 bits per heavy atom. The van der Waals surface area contributed by atoms with Crippen molar-refractivity contribution in [2.75, 3.05) is 6.61 Å². The molecule has 0 saturated carbocycles. The highest BCUT2D eigenvalue weighted by molar-refractivity contribution is 5.85. The van der Waals surface area contributed by atoms with Crippen molar-refractivity contribution < 1.29 is 9.47 Å². The maximum atomic E-state index is 12.8. The van der Waals surface area contributed by atoms with Gasteiger partial charge in [0.1, 0.15) is 23.4 Å². The second-order valence-electron chi connectivity index (χ2n) is 6.60. The van der Waals surface area contributed by atoms with E-state index in [4.69, 9.17) is 9.47 Å². The van der Waals surface area contributed by atoms with E-state index in [1.807, 2.05) is 44.2 Å². The molecule has 4 rings (SSSR count). The number of hydrogen-bond donors (Lipinski definition) is 0. The summed E-state index contributed by atoms with van der Waals surface area (Å²) in [4.78, 5) is 17.2. The fraction of sp³-hybridized carbons (Fsp3) is 0.286. The fourth-order valence-corrected chi connectivity index (χ4v) is 3.33. The van der Waals surface area contributed by atoms with Crippen LogP contribution < -0.4 is 15.0 Å². The first-order valence-corrected chi connectivity index (χ1v) is 9.06. The minimum absolute atomic E-state index is 0.149. The van der Waals surface area contributed by atoms with E-state index < -0.39 is 0 Å². The van der Waals surface area contributed by atoms with Crippen LogP contribution in [0.4, 0.5) is 0 Å². The molecule has 6 heteroatoms. The zero-order valence-electron chi connectivity index (χ0n) is 15.6. The van der Waals surface area contributed by atoms with Crippen LogP contribution in [-0.4, -0.2) is 28.6 Å². The average Bonchev–Trinajstić information content (AvgIpc) is 3.00. The van der Waals surface area contributed by atoms with Gasteiger partial charge in [0.05, 0.1) is 23.7 Å². The predicted octanol–water partition coefficient (Wildman–Crippen LogP) is 3.31. The van der Waals surface area contributed by atoms with Gasteiger partial charge in [-0.15, -0.1) is 0 Å². The fourth-order valence-electron chi connectivity index (χ4n) is 3.33. The number of aromatic nitrogens is 2. The first-order valence-electron chi connectivity index (χ1n) is 9.06. The van der Waals surface area contributed by atoms with Crippen molar-refractivity contribution in [2.24, 2.45) is 5.10 Å². The predicted molar refractivity (Wildman–Crippen MR) is 105 cm³/mol. The smallest absolute Gasteiger partial charge is 0.282 e. The number of para-hydroxylation sites is 1. The molecule has 0 saturated heterocycles. The Kier molecular flexibility index (Phi) is 4.39. The molecular formula is C21H21N3O3. The minimum atomic E-state index is -0.196. The summed E-state index contributed by atoms with van der Waals surface area (Å²) < 4.78 is 12.9. The number of ether oxygens (including phenoxy) is 2. The monoisotopic (exact) mass is 363 g/mol. The molecule has 0 radical (unpaired) electrons. The van der Waals surface area contributed by atoms with Crippen LogP contribution in [0.25, 0.3) is 10.9 Å². The van der Waals surface area contributed by atoms with Crippen LogP contribution in [0, 0.1) is 6.92 Å². The molecule has 0 amide bonds. The first kappa shape index (κ1) is 17.3. The Morgan fingerprint density at radius 1 is 1.37 bits per heavy atom. The Balaban J connectivity index is 1.78. The molecule has 3 aromatic rings. The molecule has 0 N–H and O–H groups in total. The van der Waals surface area contributed by atoms with Gasteiger partial charge in [-0.25, -0.2) is 4.98 Å². The third-order valence-corrected chi connectivity index (χ3v) is 4.56. The normalized spacial score (nSPS) is 15.9. The largest absolute Gasteiger partial charge is 0.493 e. The maximum absolute atomic E-state index is 12.8. The number of benzene rings is 2. The van der Waals surface area contributed by atoms with Crippen LogP contribution in [0.1, 0.15) is 30.8 Å². The maximum Gasteiger partial charge on any atom is 0.282 e. The van der Waals surface area contributed by atoms with Gasteiger partial charge in [0, 0.05) is 17.5 Å². The number of nitrogens with zero attached hydrogens (tertiary/aromatic N) is 3. The summed E-state index contributed by atoms with van der Waals surface area (Å²) in [7, 11) is 0. The lowest BCUT2D eigenvalue weighted by Gasteiger charge is -2.10. The van der Waals surface area contributed by atoms with Gasteiger partial charge < -0.3 is 9.47 Å². The van der Waals surface area contributed by atoms with Crippen LogP contribution in [0.15, 0.2) is 46.3 Å². The Labute approximate surface area is 157 Å². The van der Waals surface area contributed by atoms with Gasteiger partial charge in [-0.1, -0.05) is 12.1 Å². The highest BCUT2D eigenvalue weighted by Gasteiger charge is 2.21. The summed E-state index contributed by atoms with van der Waals surface area (Å²) in [5.41, 5.74) is 2.37. The van der Waals surface area contributed by atoms with E-state index in [1.165, 1.54) is 4.68 Å². The Morgan fingerprint density at radius 2 is 2.19 bits per heavy atom. The highest BCUT2D eigenvalue weighted by atomic mass is 16.5. The summed E-state index contributed by atoms with van der Waals surface area (Å²) in [6.07, 6.45) is 2.64. The molecule has 2 aromatic carbocycles. The molecule has 0 unspecified atom stereocenters. The summed E-state index contributed by atoms with van der Waals surface area (Å²) >= 11 is 0. The highest BCUT2D eigenvalue weighted by Crippen LogP contribution is 2.34. The Hall–Kier alpha value is -3.15. The van der Waals surface area contributed by atoms with E-state index in [-0.39, 0.29) is 11.7 Å². The van der Waals surface area contributed by atoms with E-state index in [9.17, 15) is 4.79 Å². The molecule has 27 heavy (non-hydrogen) atoms. The van der Waals surface area contributed by atoms with Crippen LogP contribution in [0.2, 0.25) is 0 Å². The second kappa shape index (κ2) is 6.87. The van der Waals surface area contributed by atoms with Crippen molar-refractivity contribution in [2.45, 2.75) is 33.3 Å². The van der Waals surface area contributed by atoms with Gasteiger partial charge in [0.25, 0.3) is 5.56 Å². The van der Waals surface area contributed by atoms with Gasteiger partial charge in [-0.2, -0.15) is 9.78 Å². The van der Waals surface area contributed by atoms with E-state index in [2.05, 4.69) is 10.1 Å². The van der Waals surface area contributed by atoms with Crippen LogP contribution in [0.5, 0.6) is 11.5 Å². The zero-order valence-corrected chi connectivity index (χ0v) is 15.6. The van der Waals surface area contributed by atoms with Crippen molar-refractivity contribution in [3.63, 3.8) is 0 Å². The summed E-state index contributed by atoms with van der Waals surface area (Å²) in [5, 5.41) is 4.93. The number of hydrogen-bond acceptors (Lipinski definition) is 5. The van der Waals surface area contributed by atoms with Gasteiger partial charge >= 0.3 is 0 Å². The lowest BCUT2D eigenvalue weighted by molar-refractivity contribution is 0.254. The molecule has 1 aliphatic heterocycles. The third kappa shape index (κ3) is 3.18. The van der Waals surface area contributed by atoms with E-state index in [0.717, 1.165) is 29.0 Å². The van der Waals surface area contributed by atoms with E-state index in [1.54, 1.807) is 19.2 Å². The number of aryl methyl sites for hydroxylation is 1. The molecule has 6 nitrogen and oxygen atoms in total. The van der Waals surface area contributed by atoms with E-state index >= 15 is 0 Å². The van der Waals surface area contributed by atoms with Crippen LogP contribution in [0.3, 0.4) is 0 Å². The van der Waals surface area contributed by atoms with Crippen molar-refractivity contribution in [1.82, 2.24) is 9.66 Å². The lowest BCUT2D eigenvalue weighted by atomic mass is 10.1. The quantitative estimate of drug-likeness (QED) is 0.667. The minimum Gasteiger partial charge on any atom is -0.493 e. The molecule has 138 valence electrons. The third-order valence-electron chi connectivity index (χ3n) is 4.56. The van der Waals surface area contributed by atoms with Crippen LogP contribution >= 0.6 is 0 Å². The SMILES string of the molecule is CCOc1cc2c(cc1C=Nn1c(C)nc3ccccc3c1=O)O[C@@H](C)C2. The standard InChI is InChI=1S/C21H21N3O3/c1-4-26-19-10-15-9-13(2)27-20(15)11-16(19)12-22-24-14(3)23-18-8-6-5-7-17(18)21(24)25/h5-8,10-13H,4,9H2,1-3H3/t13-/m0/s1. The number of fused-ring (bicyclic) bond motifs is 2. The molecule has 2 heterocycles. The molecule has 0 spiro atoms. The molecule has 1 aliphatic rings. The van der Waals surface area contributed by atoms with E-state index in [0.29, 0.717) is 23.3 Å². The lowest BCUT2D eigenvalue weighted by Crippen LogP contribution is -2.20. The summed E-state index contributed by atoms with van der Waals surface area (Å²) in [6.45, 7) is 6.29. The van der Waals surface area contributed by atoms with Crippen molar-refractivity contribution in [3.05, 3.63) is 63.7 Å². The molecule has 1 atom stereocenters. The summed E-state index contributed by atoms with van der Waals surface area (Å²) in [6, 6.07) is 11.2. The molecule has 0 aliphatic carbocycles. The van der Waals surface area contributed by atoms with Gasteiger partial charge in [0.15, 0.2) is 0 Å². The first-order chi connectivity index (χ1) is 13.1. The van der Waals surface area contributed by atoms with Crippen LogP contribution in [-0.2, 0) is 6.42 Å². The Bertz CT molecular complexity index is 1100. The van der Waals surface area contributed by atoms with Gasteiger partial charge in [-0.3, -0.25) is 4.79 Å². The number of rotatable bonds is 4. The van der Waals surface area contributed by atoms with Gasteiger partial charge in [-0.05, 0) is 45.0 Å². The average molecular weight is 363 g/mol. The molecule has 0 fully saturated rings. The van der Waals surface area contributed by atoms with Crippen molar-refractivity contribution in [1.29, 1.82) is 0 Å². The molecule has 0 bridgehead atoms. The second-order valence-corrected chi connectivity index (χ2v) is 6.60. The topological polar surface area (TPSA) is 65.7 Å². The summed E-state index contributed by atoms with van der Waals surface area (Å²) in [5.74, 6) is 2.10. The van der Waals surface area contributed by atoms with Crippen molar-refractivity contribution >= 4 is 17.1 Å². The zero-order chi connectivity index (χ0) is 19.0. The van der Waals surface area contributed by atoms with Gasteiger partial charge in [0.2, 0.25) is 0 Å². The molecule has 1 aromatic heterocycles.